The molecule has 12 heavy (non-hydrogen) atoms. The third-order valence-electron chi connectivity index (χ3n) is 1.73. The summed E-state index contributed by atoms with van der Waals surface area (Å²) in [5.41, 5.74) is 0.894. The lowest BCUT2D eigenvalue weighted by atomic mass is 10.2. The maximum absolute atomic E-state index is 10.3. The Labute approximate surface area is 74.0 Å². The van der Waals surface area contributed by atoms with Crippen LogP contribution in [0.25, 0.3) is 10.1 Å². The number of fused-ring (bicyclic) bond motifs is 1. The molecule has 1 heterocycles. The number of hydrogen-bond acceptors (Lipinski definition) is 3. The van der Waals surface area contributed by atoms with Crippen LogP contribution >= 0.6 is 11.5 Å². The van der Waals surface area contributed by atoms with Gasteiger partial charge in [0, 0.05) is 11.8 Å². The van der Waals surface area contributed by atoms with E-state index in [9.17, 15) is 4.79 Å². The molecule has 0 N–H and O–H groups in total. The Morgan fingerprint density at radius 3 is 3.08 bits per heavy atom. The molecule has 3 heteroatoms. The largest absolute Gasteiger partial charge is 0.303 e. The number of carbonyl (C=O) groups excluding carboxylic acids is 1. The number of carbonyl (C=O) groups is 1. The molecule has 0 aliphatic heterocycles. The number of benzene rings is 1. The van der Waals surface area contributed by atoms with E-state index in [2.05, 4.69) is 4.37 Å². The van der Waals surface area contributed by atoms with Crippen molar-refractivity contribution in [2.45, 2.75) is 6.42 Å². The van der Waals surface area contributed by atoms with Gasteiger partial charge in [0.05, 0.1) is 10.4 Å². The quantitative estimate of drug-likeness (QED) is 0.657. The highest BCUT2D eigenvalue weighted by molar-refractivity contribution is 7.13. The van der Waals surface area contributed by atoms with Crippen molar-refractivity contribution in [1.82, 2.24) is 4.37 Å². The molecule has 0 unspecified atom stereocenters. The fourth-order valence-corrected chi connectivity index (χ4v) is 1.97. The second kappa shape index (κ2) is 3.03. The van der Waals surface area contributed by atoms with E-state index in [4.69, 9.17) is 0 Å². The predicted molar refractivity (Wildman–Crippen MR) is 49.4 cm³/mol. The Morgan fingerprint density at radius 2 is 2.25 bits per heavy atom. The Kier molecular flexibility index (Phi) is 1.87. The van der Waals surface area contributed by atoms with Gasteiger partial charge in [-0.2, -0.15) is 4.37 Å². The maximum atomic E-state index is 10.3. The van der Waals surface area contributed by atoms with Crippen molar-refractivity contribution in [3.63, 3.8) is 0 Å². The molecule has 0 aliphatic rings. The zero-order valence-electron chi connectivity index (χ0n) is 6.36. The first-order valence-electron chi connectivity index (χ1n) is 3.69. The third-order valence-corrected chi connectivity index (χ3v) is 2.59. The topological polar surface area (TPSA) is 30.0 Å². The van der Waals surface area contributed by atoms with Crippen molar-refractivity contribution in [2.24, 2.45) is 0 Å². The van der Waals surface area contributed by atoms with E-state index >= 15 is 0 Å². The van der Waals surface area contributed by atoms with Gasteiger partial charge >= 0.3 is 0 Å². The molecule has 0 atom stereocenters. The Bertz CT molecular complexity index is 408. The zero-order chi connectivity index (χ0) is 8.39. The summed E-state index contributed by atoms with van der Waals surface area (Å²) in [6, 6.07) is 7.95. The molecular weight excluding hydrogens is 170 g/mol. The highest BCUT2D eigenvalue weighted by atomic mass is 32.1. The van der Waals surface area contributed by atoms with Crippen molar-refractivity contribution in [3.05, 3.63) is 30.0 Å². The summed E-state index contributed by atoms with van der Waals surface area (Å²) in [4.78, 5) is 10.3. The minimum Gasteiger partial charge on any atom is -0.303 e. The number of aldehydes is 1. The fraction of sp³-hybridized carbons (Fsp3) is 0.111. The van der Waals surface area contributed by atoms with E-state index < -0.39 is 0 Å². The summed E-state index contributed by atoms with van der Waals surface area (Å²) in [5.74, 6) is 0. The SMILES string of the molecule is O=CCc1nsc2ccccc12. The zero-order valence-corrected chi connectivity index (χ0v) is 7.17. The van der Waals surface area contributed by atoms with Gasteiger partial charge in [0.25, 0.3) is 0 Å². The van der Waals surface area contributed by atoms with E-state index in [1.807, 2.05) is 24.3 Å². The van der Waals surface area contributed by atoms with Crippen LogP contribution in [0.15, 0.2) is 24.3 Å². The first-order chi connectivity index (χ1) is 5.92. The molecule has 0 saturated heterocycles. The minimum atomic E-state index is 0.421. The van der Waals surface area contributed by atoms with E-state index in [1.54, 1.807) is 0 Å². The van der Waals surface area contributed by atoms with Crippen LogP contribution in [0.2, 0.25) is 0 Å². The number of hydrogen-bond donors (Lipinski definition) is 0. The van der Waals surface area contributed by atoms with Crippen LogP contribution in [0.1, 0.15) is 5.69 Å². The Morgan fingerprint density at radius 1 is 1.42 bits per heavy atom. The van der Waals surface area contributed by atoms with E-state index in [0.717, 1.165) is 22.1 Å². The molecule has 2 rings (SSSR count). The molecule has 0 fully saturated rings. The van der Waals surface area contributed by atoms with Crippen LogP contribution in [0.5, 0.6) is 0 Å². The van der Waals surface area contributed by atoms with Crippen molar-refractivity contribution in [1.29, 1.82) is 0 Å². The average Bonchev–Trinajstić information content (AvgIpc) is 2.50. The second-order valence-electron chi connectivity index (χ2n) is 2.50. The van der Waals surface area contributed by atoms with Gasteiger partial charge in [0.2, 0.25) is 0 Å². The normalized spacial score (nSPS) is 10.3. The maximum Gasteiger partial charge on any atom is 0.126 e. The first kappa shape index (κ1) is 7.43. The number of rotatable bonds is 2. The lowest BCUT2D eigenvalue weighted by Gasteiger charge is -1.88. The smallest absolute Gasteiger partial charge is 0.126 e. The first-order valence-corrected chi connectivity index (χ1v) is 4.46. The summed E-state index contributed by atoms with van der Waals surface area (Å²) in [5, 5.41) is 1.11. The van der Waals surface area contributed by atoms with Crippen LogP contribution < -0.4 is 0 Å². The number of nitrogens with zero attached hydrogens (tertiary/aromatic N) is 1. The van der Waals surface area contributed by atoms with Crippen molar-refractivity contribution < 1.29 is 4.79 Å². The second-order valence-corrected chi connectivity index (χ2v) is 3.30. The molecule has 0 saturated carbocycles. The Balaban J connectivity index is 2.62. The van der Waals surface area contributed by atoms with E-state index in [1.165, 1.54) is 11.5 Å². The molecule has 0 amide bonds. The molecule has 1 aromatic carbocycles. The predicted octanol–water partition coefficient (Wildman–Crippen LogP) is 2.04. The summed E-state index contributed by atoms with van der Waals surface area (Å²) in [7, 11) is 0. The van der Waals surface area contributed by atoms with Gasteiger partial charge < -0.3 is 4.79 Å². The van der Waals surface area contributed by atoms with Crippen molar-refractivity contribution >= 4 is 27.9 Å². The molecule has 2 nitrogen and oxygen atoms in total. The van der Waals surface area contributed by atoms with Gasteiger partial charge in [-0.3, -0.25) is 0 Å². The molecule has 1 aromatic heterocycles. The van der Waals surface area contributed by atoms with Gasteiger partial charge in [-0.1, -0.05) is 18.2 Å². The third kappa shape index (κ3) is 1.12. The van der Waals surface area contributed by atoms with E-state index in [0.29, 0.717) is 6.42 Å². The lowest BCUT2D eigenvalue weighted by Crippen LogP contribution is -1.84. The van der Waals surface area contributed by atoms with Crippen LogP contribution in [-0.2, 0) is 11.2 Å². The van der Waals surface area contributed by atoms with Gasteiger partial charge in [-0.15, -0.1) is 0 Å². The molecule has 0 spiro atoms. The van der Waals surface area contributed by atoms with Gasteiger partial charge in [-0.25, -0.2) is 0 Å². The summed E-state index contributed by atoms with van der Waals surface area (Å²) >= 11 is 1.44. The molecule has 2 aromatic rings. The standard InChI is InChI=1S/C9H7NOS/c11-6-5-8-7-3-1-2-4-9(7)12-10-8/h1-4,6H,5H2. The number of aromatic nitrogens is 1. The molecular formula is C9H7NOS. The van der Waals surface area contributed by atoms with Crippen molar-refractivity contribution in [3.8, 4) is 0 Å². The summed E-state index contributed by atoms with van der Waals surface area (Å²) in [6.45, 7) is 0. The van der Waals surface area contributed by atoms with Gasteiger partial charge in [0.1, 0.15) is 6.29 Å². The van der Waals surface area contributed by atoms with Crippen LogP contribution in [0.3, 0.4) is 0 Å². The van der Waals surface area contributed by atoms with Crippen LogP contribution in [-0.4, -0.2) is 10.7 Å². The molecule has 60 valence electrons. The molecule has 0 bridgehead atoms. The lowest BCUT2D eigenvalue weighted by molar-refractivity contribution is -0.107. The van der Waals surface area contributed by atoms with E-state index in [-0.39, 0.29) is 0 Å². The highest BCUT2D eigenvalue weighted by Crippen LogP contribution is 2.21. The molecule has 0 radical (unpaired) electrons. The minimum absolute atomic E-state index is 0.421. The molecule has 0 aliphatic carbocycles. The van der Waals surface area contributed by atoms with Crippen LogP contribution in [0, 0.1) is 0 Å². The van der Waals surface area contributed by atoms with Crippen LogP contribution in [0.4, 0.5) is 0 Å². The fourth-order valence-electron chi connectivity index (χ4n) is 1.16. The Hall–Kier alpha value is -1.22. The summed E-state index contributed by atoms with van der Waals surface area (Å²) in [6.07, 6.45) is 1.31. The highest BCUT2D eigenvalue weighted by Gasteiger charge is 2.02. The average molecular weight is 177 g/mol. The summed E-state index contributed by atoms with van der Waals surface area (Å²) < 4.78 is 5.34. The van der Waals surface area contributed by atoms with Gasteiger partial charge in [-0.05, 0) is 17.6 Å². The monoisotopic (exact) mass is 177 g/mol. The van der Waals surface area contributed by atoms with Gasteiger partial charge in [0.15, 0.2) is 0 Å². The van der Waals surface area contributed by atoms with Crippen molar-refractivity contribution in [2.75, 3.05) is 0 Å².